The van der Waals surface area contributed by atoms with Gasteiger partial charge in [0.25, 0.3) is 11.4 Å². The van der Waals surface area contributed by atoms with Crippen LogP contribution in [0.5, 0.6) is 5.75 Å². The number of hydrogen-bond donors (Lipinski definition) is 0. The van der Waals surface area contributed by atoms with Gasteiger partial charge in [0.1, 0.15) is 0 Å². The molecule has 2 unspecified atom stereocenters. The van der Waals surface area contributed by atoms with Crippen molar-refractivity contribution >= 4 is 17.3 Å². The van der Waals surface area contributed by atoms with E-state index in [1.54, 1.807) is 0 Å². The summed E-state index contributed by atoms with van der Waals surface area (Å²) >= 11 is 0. The van der Waals surface area contributed by atoms with Crippen LogP contribution in [0.4, 0.5) is 20.2 Å². The van der Waals surface area contributed by atoms with Crippen molar-refractivity contribution in [3.63, 3.8) is 0 Å². The van der Waals surface area contributed by atoms with Crippen molar-refractivity contribution in [2.45, 2.75) is 46.0 Å². The van der Waals surface area contributed by atoms with Crippen molar-refractivity contribution in [2.75, 3.05) is 7.11 Å². The van der Waals surface area contributed by atoms with Crippen LogP contribution < -0.4 is 4.74 Å². The Morgan fingerprint density at radius 1 is 1.06 bits per heavy atom. The number of nitrogens with zero attached hydrogens (tertiary/aromatic N) is 2. The first-order chi connectivity index (χ1) is 15.6. The Morgan fingerprint density at radius 3 is 2.06 bits per heavy atom. The van der Waals surface area contributed by atoms with E-state index in [-0.39, 0.29) is 17.4 Å². The maximum Gasteiger partial charge on any atom is 0.340 e. The van der Waals surface area contributed by atoms with Crippen LogP contribution in [0.15, 0.2) is 36.4 Å². The summed E-state index contributed by atoms with van der Waals surface area (Å²) in [5.41, 5.74) is -1.34. The van der Waals surface area contributed by atoms with Crippen molar-refractivity contribution < 1.29 is 37.6 Å². The molecule has 2 aromatic carbocycles. The standard InChI is InChI=1S/C12H12N2O7.C7H6F2O.C2H6/c1-7-2-3-11(20-7)21-12(15)8-4-9(13(16)17)6-10(5-8)14(18)19;1-10-6-4-2-3-5(8)7(6)9;1-2/h4-7,11H,2-3H2,1H3;2-4H,1H3;1-2H3. The van der Waals surface area contributed by atoms with Crippen LogP contribution in [0.25, 0.3) is 0 Å². The topological polar surface area (TPSA) is 131 Å². The minimum Gasteiger partial charge on any atom is -0.494 e. The number of carbonyl (C=O) groups excluding carboxylic acids is 1. The van der Waals surface area contributed by atoms with Gasteiger partial charge < -0.3 is 14.2 Å². The lowest BCUT2D eigenvalue weighted by molar-refractivity contribution is -0.394. The van der Waals surface area contributed by atoms with Crippen LogP contribution >= 0.6 is 0 Å². The van der Waals surface area contributed by atoms with E-state index in [0.717, 1.165) is 30.7 Å². The molecule has 33 heavy (non-hydrogen) atoms. The summed E-state index contributed by atoms with van der Waals surface area (Å²) in [5, 5.41) is 21.5. The molecule has 0 spiro atoms. The van der Waals surface area contributed by atoms with Crippen molar-refractivity contribution in [3.05, 3.63) is 73.8 Å². The Labute approximate surface area is 188 Å². The number of halogens is 2. The van der Waals surface area contributed by atoms with Gasteiger partial charge in [0.15, 0.2) is 11.6 Å². The lowest BCUT2D eigenvalue weighted by atomic mass is 10.2. The molecule has 1 fully saturated rings. The molecule has 0 saturated carbocycles. The van der Waals surface area contributed by atoms with Gasteiger partial charge in [-0.2, -0.15) is 4.39 Å². The van der Waals surface area contributed by atoms with E-state index in [2.05, 4.69) is 4.74 Å². The second kappa shape index (κ2) is 13.0. The Morgan fingerprint density at radius 2 is 1.64 bits per heavy atom. The molecule has 180 valence electrons. The lowest BCUT2D eigenvalue weighted by Gasteiger charge is -2.12. The number of hydrogen-bond acceptors (Lipinski definition) is 8. The largest absolute Gasteiger partial charge is 0.494 e. The summed E-state index contributed by atoms with van der Waals surface area (Å²) in [6.07, 6.45) is 0.477. The fraction of sp³-hybridized carbons (Fsp3) is 0.381. The number of benzene rings is 2. The smallest absolute Gasteiger partial charge is 0.340 e. The molecule has 2 aromatic rings. The Balaban J connectivity index is 0.000000380. The number of rotatable bonds is 5. The molecule has 0 bridgehead atoms. The van der Waals surface area contributed by atoms with Gasteiger partial charge in [0, 0.05) is 18.6 Å². The number of nitro groups is 2. The van der Waals surface area contributed by atoms with E-state index in [9.17, 15) is 33.8 Å². The van der Waals surface area contributed by atoms with E-state index in [4.69, 9.17) is 9.47 Å². The Kier molecular flexibility index (Phi) is 10.8. The second-order valence-corrected chi connectivity index (χ2v) is 6.37. The van der Waals surface area contributed by atoms with Gasteiger partial charge in [-0.25, -0.2) is 9.18 Å². The molecule has 0 amide bonds. The quantitative estimate of drug-likeness (QED) is 0.332. The summed E-state index contributed by atoms with van der Waals surface area (Å²) in [6, 6.07) is 6.44. The lowest BCUT2D eigenvalue weighted by Crippen LogP contribution is -2.18. The number of carbonyl (C=O) groups is 1. The SMILES string of the molecule is CC.CC1CCC(OC(=O)c2cc([N+](=O)[O-])cc([N+](=O)[O-])c2)O1.COc1cccc(F)c1F. The summed E-state index contributed by atoms with van der Waals surface area (Å²) in [7, 11) is 1.29. The van der Waals surface area contributed by atoms with Crippen LogP contribution in [-0.4, -0.2) is 35.3 Å². The van der Waals surface area contributed by atoms with Gasteiger partial charge in [-0.15, -0.1) is 0 Å². The molecule has 2 atom stereocenters. The van der Waals surface area contributed by atoms with Crippen LogP contribution in [0.1, 0.15) is 44.0 Å². The van der Waals surface area contributed by atoms with E-state index in [1.165, 1.54) is 19.2 Å². The second-order valence-electron chi connectivity index (χ2n) is 6.37. The molecule has 12 heteroatoms. The highest BCUT2D eigenvalue weighted by Crippen LogP contribution is 2.25. The number of esters is 1. The third-order valence-corrected chi connectivity index (χ3v) is 4.13. The van der Waals surface area contributed by atoms with E-state index >= 15 is 0 Å². The van der Waals surface area contributed by atoms with Crippen molar-refractivity contribution in [1.29, 1.82) is 0 Å². The molecule has 1 heterocycles. The van der Waals surface area contributed by atoms with Gasteiger partial charge in [-0.05, 0) is 25.5 Å². The molecule has 0 radical (unpaired) electrons. The van der Waals surface area contributed by atoms with Gasteiger partial charge in [-0.1, -0.05) is 19.9 Å². The fourth-order valence-electron chi connectivity index (χ4n) is 2.61. The number of methoxy groups -OCH3 is 1. The minimum atomic E-state index is -0.940. The fourth-order valence-corrected chi connectivity index (χ4v) is 2.61. The predicted molar refractivity (Wildman–Crippen MR) is 113 cm³/mol. The monoisotopic (exact) mass is 470 g/mol. The first kappa shape index (κ1) is 27.4. The van der Waals surface area contributed by atoms with Gasteiger partial charge in [0.2, 0.25) is 12.1 Å². The first-order valence-electron chi connectivity index (χ1n) is 9.90. The molecule has 1 saturated heterocycles. The van der Waals surface area contributed by atoms with Gasteiger partial charge >= 0.3 is 5.97 Å². The first-order valence-corrected chi connectivity index (χ1v) is 9.90. The molecule has 0 aliphatic carbocycles. The van der Waals surface area contributed by atoms with Crippen molar-refractivity contribution in [1.82, 2.24) is 0 Å². The zero-order valence-corrected chi connectivity index (χ0v) is 18.4. The molecule has 3 rings (SSSR count). The van der Waals surface area contributed by atoms with Gasteiger partial charge in [-0.3, -0.25) is 20.2 Å². The number of ether oxygens (including phenoxy) is 3. The van der Waals surface area contributed by atoms with Gasteiger partial charge in [0.05, 0.1) is 34.7 Å². The van der Waals surface area contributed by atoms with Crippen LogP contribution in [0, 0.1) is 31.9 Å². The number of nitro benzene ring substituents is 2. The van der Waals surface area contributed by atoms with E-state index in [1.807, 2.05) is 20.8 Å². The molecule has 10 nitrogen and oxygen atoms in total. The third kappa shape index (κ3) is 8.07. The molecular formula is C21H24F2N2O8. The normalized spacial score (nSPS) is 16.4. The summed E-state index contributed by atoms with van der Waals surface area (Å²) in [6.45, 7) is 5.83. The highest BCUT2D eigenvalue weighted by molar-refractivity contribution is 5.91. The average molecular weight is 470 g/mol. The predicted octanol–water partition coefficient (Wildman–Crippen LogP) is 5.18. The summed E-state index contributed by atoms with van der Waals surface area (Å²) in [4.78, 5) is 31.8. The van der Waals surface area contributed by atoms with Crippen LogP contribution in [0.3, 0.4) is 0 Å². The Hall–Kier alpha value is -3.67. The molecule has 1 aliphatic heterocycles. The molecular weight excluding hydrogens is 446 g/mol. The Bertz CT molecular complexity index is 954. The highest BCUT2D eigenvalue weighted by atomic mass is 19.2. The van der Waals surface area contributed by atoms with E-state index in [0.29, 0.717) is 6.42 Å². The zero-order valence-electron chi connectivity index (χ0n) is 18.4. The van der Waals surface area contributed by atoms with E-state index < -0.39 is 45.1 Å². The summed E-state index contributed by atoms with van der Waals surface area (Å²) in [5.74, 6) is -2.79. The summed E-state index contributed by atoms with van der Waals surface area (Å²) < 4.78 is 39.7. The third-order valence-electron chi connectivity index (χ3n) is 4.13. The maximum atomic E-state index is 12.5. The molecule has 0 aromatic heterocycles. The molecule has 1 aliphatic rings. The zero-order chi connectivity index (χ0) is 25.1. The van der Waals surface area contributed by atoms with Crippen LogP contribution in [-0.2, 0) is 9.47 Å². The highest BCUT2D eigenvalue weighted by Gasteiger charge is 2.27. The minimum absolute atomic E-state index is 0.0396. The van der Waals surface area contributed by atoms with Crippen molar-refractivity contribution in [3.8, 4) is 5.75 Å². The molecule has 0 N–H and O–H groups in total. The maximum absolute atomic E-state index is 12.5. The number of non-ortho nitro benzene ring substituents is 2. The van der Waals surface area contributed by atoms with Crippen molar-refractivity contribution in [2.24, 2.45) is 0 Å². The van der Waals surface area contributed by atoms with Crippen LogP contribution in [0.2, 0.25) is 0 Å². The average Bonchev–Trinajstić information content (AvgIpc) is 3.21.